The van der Waals surface area contributed by atoms with Crippen LogP contribution in [0.1, 0.15) is 82.3 Å². The highest BCUT2D eigenvalue weighted by molar-refractivity contribution is 6.07. The number of rotatable bonds is 4. The van der Waals surface area contributed by atoms with E-state index in [-0.39, 0.29) is 29.0 Å². The van der Waals surface area contributed by atoms with E-state index in [0.29, 0.717) is 24.0 Å². The molecule has 4 aromatic rings. The quantitative estimate of drug-likeness (QED) is 0.411. The monoisotopic (exact) mass is 498 g/mol. The van der Waals surface area contributed by atoms with Gasteiger partial charge in [-0.15, -0.1) is 0 Å². The van der Waals surface area contributed by atoms with E-state index < -0.39 is 5.97 Å². The van der Waals surface area contributed by atoms with Crippen molar-refractivity contribution in [2.75, 3.05) is 13.1 Å². The van der Waals surface area contributed by atoms with Gasteiger partial charge < -0.3 is 15.0 Å². The van der Waals surface area contributed by atoms with E-state index in [1.807, 2.05) is 40.8 Å². The van der Waals surface area contributed by atoms with Crippen molar-refractivity contribution < 1.29 is 14.7 Å². The van der Waals surface area contributed by atoms with E-state index in [1.165, 1.54) is 0 Å². The smallest absolute Gasteiger partial charge is 0.335 e. The zero-order valence-corrected chi connectivity index (χ0v) is 20.9. The number of fused-ring (bicyclic) bond motifs is 3. The van der Waals surface area contributed by atoms with Crippen LogP contribution in [-0.2, 0) is 0 Å². The first kappa shape index (κ1) is 23.5. The number of aryl methyl sites for hydroxylation is 1. The summed E-state index contributed by atoms with van der Waals surface area (Å²) >= 11 is 0. The van der Waals surface area contributed by atoms with Crippen molar-refractivity contribution in [3.63, 3.8) is 0 Å². The molecule has 2 aromatic carbocycles. The van der Waals surface area contributed by atoms with Crippen LogP contribution >= 0.6 is 0 Å². The van der Waals surface area contributed by atoms with Gasteiger partial charge in [-0.25, -0.2) is 4.79 Å². The predicted octanol–water partition coefficient (Wildman–Crippen LogP) is 5.02. The number of hydrogen-bond donors (Lipinski definition) is 2. The summed E-state index contributed by atoms with van der Waals surface area (Å²) in [6.07, 6.45) is 7.90. The molecule has 1 saturated carbocycles. The van der Waals surface area contributed by atoms with Gasteiger partial charge in [-0.3, -0.25) is 14.3 Å². The van der Waals surface area contributed by atoms with E-state index in [2.05, 4.69) is 10.1 Å². The van der Waals surface area contributed by atoms with Gasteiger partial charge in [-0.2, -0.15) is 5.10 Å². The maximum absolute atomic E-state index is 13.8. The van der Waals surface area contributed by atoms with Gasteiger partial charge in [0, 0.05) is 30.0 Å². The van der Waals surface area contributed by atoms with E-state index in [9.17, 15) is 19.5 Å². The lowest BCUT2D eigenvalue weighted by Crippen LogP contribution is -2.39. The summed E-state index contributed by atoms with van der Waals surface area (Å²) in [6.45, 7) is 3.18. The van der Waals surface area contributed by atoms with Gasteiger partial charge >= 0.3 is 5.97 Å². The molecule has 8 heteroatoms. The van der Waals surface area contributed by atoms with Crippen molar-refractivity contribution in [3.8, 4) is 0 Å². The number of carboxylic acids is 1. The maximum atomic E-state index is 13.8. The first-order chi connectivity index (χ1) is 17.9. The molecule has 1 unspecified atom stereocenters. The molecular formula is C29H30N4O4. The van der Waals surface area contributed by atoms with E-state index in [1.54, 1.807) is 18.3 Å². The van der Waals surface area contributed by atoms with Crippen LogP contribution in [0.3, 0.4) is 0 Å². The molecule has 2 aromatic heterocycles. The minimum atomic E-state index is -0.941. The summed E-state index contributed by atoms with van der Waals surface area (Å²) in [5.41, 5.74) is 4.17. The average molecular weight is 499 g/mol. The van der Waals surface area contributed by atoms with Gasteiger partial charge in [-0.05, 0) is 68.0 Å². The number of carbonyl (C=O) groups is 2. The molecule has 37 heavy (non-hydrogen) atoms. The highest BCUT2D eigenvalue weighted by Crippen LogP contribution is 2.34. The fourth-order valence-electron chi connectivity index (χ4n) is 6.15. The number of carbonyl (C=O) groups excluding carboxylic acids is 1. The molecular weight excluding hydrogens is 468 g/mol. The second-order valence-corrected chi connectivity index (χ2v) is 10.5. The lowest BCUT2D eigenvalue weighted by molar-refractivity contribution is 0.0693. The molecule has 2 fully saturated rings. The highest BCUT2D eigenvalue weighted by atomic mass is 16.4. The number of aromatic carboxylic acids is 1. The van der Waals surface area contributed by atoms with Crippen molar-refractivity contribution in [2.24, 2.45) is 0 Å². The third-order valence-corrected chi connectivity index (χ3v) is 8.15. The molecule has 6 rings (SSSR count). The molecule has 1 atom stereocenters. The highest BCUT2D eigenvalue weighted by Gasteiger charge is 2.28. The largest absolute Gasteiger partial charge is 0.478 e. The first-order valence-corrected chi connectivity index (χ1v) is 13.1. The fraction of sp³-hybridized carbons (Fsp3) is 0.379. The normalized spacial score (nSPS) is 18.6. The third-order valence-electron chi connectivity index (χ3n) is 8.15. The Balaban J connectivity index is 1.36. The number of benzene rings is 2. The Morgan fingerprint density at radius 2 is 1.78 bits per heavy atom. The van der Waals surface area contributed by atoms with Gasteiger partial charge in [0.2, 0.25) is 0 Å². The number of amides is 1. The summed E-state index contributed by atoms with van der Waals surface area (Å²) in [5.74, 6) is -0.797. The molecule has 3 heterocycles. The number of likely N-dealkylation sites (tertiary alicyclic amines) is 1. The van der Waals surface area contributed by atoms with Crippen molar-refractivity contribution in [3.05, 3.63) is 75.2 Å². The summed E-state index contributed by atoms with van der Waals surface area (Å²) in [6, 6.07) is 11.1. The Morgan fingerprint density at radius 3 is 2.51 bits per heavy atom. The number of hydrogen-bond acceptors (Lipinski definition) is 4. The summed E-state index contributed by atoms with van der Waals surface area (Å²) in [4.78, 5) is 42.7. The van der Waals surface area contributed by atoms with Crippen LogP contribution < -0.4 is 5.56 Å². The number of pyridine rings is 1. The van der Waals surface area contributed by atoms with Crippen LogP contribution in [0.15, 0.2) is 47.4 Å². The van der Waals surface area contributed by atoms with Crippen LogP contribution in [-0.4, -0.2) is 49.7 Å². The number of carboxylic acid groups (broad SMARTS) is 1. The van der Waals surface area contributed by atoms with Crippen LogP contribution in [0.2, 0.25) is 0 Å². The van der Waals surface area contributed by atoms with Gasteiger partial charge in [0.25, 0.3) is 11.5 Å². The zero-order valence-electron chi connectivity index (χ0n) is 20.9. The molecule has 0 radical (unpaired) electrons. The summed E-state index contributed by atoms with van der Waals surface area (Å²) < 4.78 is 2.00. The van der Waals surface area contributed by atoms with Crippen molar-refractivity contribution in [2.45, 2.75) is 57.4 Å². The van der Waals surface area contributed by atoms with Gasteiger partial charge in [0.1, 0.15) is 0 Å². The van der Waals surface area contributed by atoms with Crippen molar-refractivity contribution in [1.82, 2.24) is 19.7 Å². The standard InChI is InChI=1S/C29H30N4O4/c1-17-13-25-23(26-24(27(34)31-25)15-30-33(26)21-6-2-3-7-21)14-22(17)28(35)32-12-4-5-20(16-32)18-8-10-19(11-9-18)29(36)37/h8-11,13-15,20-21H,2-7,12,16H2,1H3,(H,31,34)(H,36,37). The van der Waals surface area contributed by atoms with E-state index in [0.717, 1.165) is 66.1 Å². The minimum absolute atomic E-state index is 0.0162. The molecule has 1 aliphatic heterocycles. The lowest BCUT2D eigenvalue weighted by Gasteiger charge is -2.33. The second kappa shape index (κ2) is 9.18. The number of piperidine rings is 1. The van der Waals surface area contributed by atoms with Crippen molar-refractivity contribution >= 4 is 33.7 Å². The predicted molar refractivity (Wildman–Crippen MR) is 141 cm³/mol. The molecule has 8 nitrogen and oxygen atoms in total. The first-order valence-electron chi connectivity index (χ1n) is 13.1. The molecule has 0 spiro atoms. The Hall–Kier alpha value is -3.94. The zero-order chi connectivity index (χ0) is 25.7. The number of aromatic nitrogens is 3. The van der Waals surface area contributed by atoms with Crippen LogP contribution in [0.5, 0.6) is 0 Å². The number of nitrogens with zero attached hydrogens (tertiary/aromatic N) is 3. The van der Waals surface area contributed by atoms with Gasteiger partial charge in [-0.1, -0.05) is 25.0 Å². The van der Waals surface area contributed by atoms with Gasteiger partial charge in [0.05, 0.1) is 34.2 Å². The number of nitrogens with one attached hydrogen (secondary N) is 1. The van der Waals surface area contributed by atoms with Crippen LogP contribution in [0.25, 0.3) is 21.8 Å². The van der Waals surface area contributed by atoms with E-state index in [4.69, 9.17) is 0 Å². The topological polar surface area (TPSA) is 108 Å². The molecule has 0 bridgehead atoms. The fourth-order valence-corrected chi connectivity index (χ4v) is 6.15. The minimum Gasteiger partial charge on any atom is -0.478 e. The lowest BCUT2D eigenvalue weighted by atomic mass is 9.89. The molecule has 2 N–H and O–H groups in total. The van der Waals surface area contributed by atoms with Crippen molar-refractivity contribution in [1.29, 1.82) is 0 Å². The molecule has 1 amide bonds. The second-order valence-electron chi connectivity index (χ2n) is 10.5. The van der Waals surface area contributed by atoms with Gasteiger partial charge in [0.15, 0.2) is 0 Å². The number of H-pyrrole nitrogens is 1. The third kappa shape index (κ3) is 4.10. The van der Waals surface area contributed by atoms with Crippen LogP contribution in [0, 0.1) is 6.92 Å². The molecule has 1 aliphatic carbocycles. The Labute approximate surface area is 213 Å². The maximum Gasteiger partial charge on any atom is 0.335 e. The Kier molecular flexibility index (Phi) is 5.82. The molecule has 2 aliphatic rings. The summed E-state index contributed by atoms with van der Waals surface area (Å²) in [7, 11) is 0. The average Bonchev–Trinajstić information content (AvgIpc) is 3.59. The SMILES string of the molecule is Cc1cc2[nH]c(=O)c3cnn(C4CCCC4)c3c2cc1C(=O)N1CCCC(c2ccc(C(=O)O)cc2)C1. The Morgan fingerprint density at radius 1 is 1.03 bits per heavy atom. The molecule has 190 valence electrons. The van der Waals surface area contributed by atoms with E-state index >= 15 is 0 Å². The Bertz CT molecular complexity index is 1580. The molecule has 1 saturated heterocycles. The summed E-state index contributed by atoms with van der Waals surface area (Å²) in [5, 5.41) is 15.2. The van der Waals surface area contributed by atoms with Crippen LogP contribution in [0.4, 0.5) is 0 Å². The number of aromatic amines is 1.